The molecule has 1 saturated heterocycles. The maximum absolute atomic E-state index is 12.8. The summed E-state index contributed by atoms with van der Waals surface area (Å²) in [6.45, 7) is 3.61. The van der Waals surface area contributed by atoms with E-state index in [1.807, 2.05) is 24.4 Å². The molecular formula is C27H33N2O4+. The molecule has 1 atom stereocenters. The maximum atomic E-state index is 12.8. The number of hydrogen-bond donors (Lipinski definition) is 2. The number of aliphatic hydroxyl groups is 1. The fourth-order valence-corrected chi connectivity index (χ4v) is 4.69. The largest absolute Gasteiger partial charge is 0.493 e. The van der Waals surface area contributed by atoms with Gasteiger partial charge in [-0.25, -0.2) is 0 Å². The molecule has 1 fully saturated rings. The third-order valence-electron chi connectivity index (χ3n) is 6.39. The average Bonchev–Trinajstić information content (AvgIpc) is 3.19. The van der Waals surface area contributed by atoms with Crippen molar-refractivity contribution in [2.45, 2.75) is 31.9 Å². The van der Waals surface area contributed by atoms with E-state index >= 15 is 0 Å². The van der Waals surface area contributed by atoms with Gasteiger partial charge in [0, 0.05) is 28.2 Å². The van der Waals surface area contributed by atoms with Crippen molar-refractivity contribution in [2.75, 3.05) is 33.9 Å². The molecule has 0 radical (unpaired) electrons. The molecule has 2 N–H and O–H groups in total. The van der Waals surface area contributed by atoms with Crippen molar-refractivity contribution in [3.63, 3.8) is 0 Å². The number of ether oxygens (including phenoxy) is 2. The van der Waals surface area contributed by atoms with E-state index < -0.39 is 6.10 Å². The number of hydrogen-bond acceptors (Lipinski definition) is 4. The highest BCUT2D eigenvalue weighted by Crippen LogP contribution is 2.28. The standard InChI is InChI=1S/C27H32N2O4/c1-32-26-13-11-20(16-27(26)33-2)25(31)12-10-21-17-29(24-9-5-4-8-23(21)24)19-22(30)18-28-14-6-3-7-15-28/h4-5,8-13,16-17,22,30H,3,6-7,14-15,18-19H2,1-2H3/p+1/b12-10+/t22-/m0/s1. The summed E-state index contributed by atoms with van der Waals surface area (Å²) in [7, 11) is 3.12. The van der Waals surface area contributed by atoms with Gasteiger partial charge >= 0.3 is 0 Å². The van der Waals surface area contributed by atoms with Crippen molar-refractivity contribution in [3.05, 3.63) is 65.9 Å². The summed E-state index contributed by atoms with van der Waals surface area (Å²) in [6, 6.07) is 13.3. The van der Waals surface area contributed by atoms with Gasteiger partial charge in [0.15, 0.2) is 17.3 Å². The first kappa shape index (κ1) is 23.1. The second-order valence-electron chi connectivity index (χ2n) is 8.69. The van der Waals surface area contributed by atoms with Crippen LogP contribution >= 0.6 is 0 Å². The highest BCUT2D eigenvalue weighted by atomic mass is 16.5. The van der Waals surface area contributed by atoms with Gasteiger partial charge in [-0.15, -0.1) is 0 Å². The number of quaternary nitrogens is 1. The second kappa shape index (κ2) is 10.7. The molecule has 1 aliphatic rings. The Balaban J connectivity index is 1.52. The molecule has 6 heteroatoms. The molecule has 0 saturated carbocycles. The van der Waals surface area contributed by atoms with Gasteiger partial charge in [-0.1, -0.05) is 18.2 Å². The van der Waals surface area contributed by atoms with Crippen LogP contribution in [0.2, 0.25) is 0 Å². The number of allylic oxidation sites excluding steroid dienone is 1. The van der Waals surface area contributed by atoms with E-state index in [4.69, 9.17) is 9.47 Å². The first-order valence-electron chi connectivity index (χ1n) is 11.6. The third kappa shape index (κ3) is 5.46. The van der Waals surface area contributed by atoms with Crippen LogP contribution in [0.25, 0.3) is 17.0 Å². The van der Waals surface area contributed by atoms with Gasteiger partial charge < -0.3 is 24.0 Å². The van der Waals surface area contributed by atoms with E-state index in [0.29, 0.717) is 23.6 Å². The molecule has 2 aromatic carbocycles. The van der Waals surface area contributed by atoms with E-state index in [1.54, 1.807) is 38.5 Å². The second-order valence-corrected chi connectivity index (χ2v) is 8.69. The number of carbonyl (C=O) groups is 1. The van der Waals surface area contributed by atoms with Crippen molar-refractivity contribution in [1.29, 1.82) is 0 Å². The molecule has 6 nitrogen and oxygen atoms in total. The number of carbonyl (C=O) groups excluding carboxylic acids is 1. The molecule has 0 amide bonds. The Labute approximate surface area is 195 Å². The molecule has 4 rings (SSSR count). The molecule has 174 valence electrons. The highest BCUT2D eigenvalue weighted by molar-refractivity contribution is 6.08. The summed E-state index contributed by atoms with van der Waals surface area (Å²) in [5.74, 6) is 1.01. The number of methoxy groups -OCH3 is 2. The van der Waals surface area contributed by atoms with Crippen molar-refractivity contribution < 1.29 is 24.3 Å². The minimum absolute atomic E-state index is 0.110. The van der Waals surface area contributed by atoms with E-state index in [-0.39, 0.29) is 5.78 Å². The predicted molar refractivity (Wildman–Crippen MR) is 130 cm³/mol. The first-order valence-corrected chi connectivity index (χ1v) is 11.6. The topological polar surface area (TPSA) is 65.1 Å². The van der Waals surface area contributed by atoms with Crippen LogP contribution in [0.5, 0.6) is 11.5 Å². The van der Waals surface area contributed by atoms with Crippen LogP contribution < -0.4 is 14.4 Å². The van der Waals surface area contributed by atoms with Gasteiger partial charge in [0.1, 0.15) is 12.6 Å². The Morgan fingerprint density at radius 1 is 1.09 bits per heavy atom. The summed E-state index contributed by atoms with van der Waals surface area (Å²) in [5.41, 5.74) is 2.55. The van der Waals surface area contributed by atoms with Crippen molar-refractivity contribution in [3.8, 4) is 11.5 Å². The SMILES string of the molecule is COc1ccc(C(=O)/C=C/c2cn(C[C@@H](O)C[NH+]3CCCCC3)c3ccccc23)cc1OC. The molecule has 2 heterocycles. The number of rotatable bonds is 9. The molecule has 0 unspecified atom stereocenters. The van der Waals surface area contributed by atoms with Crippen molar-refractivity contribution >= 4 is 22.8 Å². The quantitative estimate of drug-likeness (QED) is 0.389. The van der Waals surface area contributed by atoms with Crippen LogP contribution in [-0.4, -0.2) is 55.4 Å². The van der Waals surface area contributed by atoms with E-state index in [1.165, 1.54) is 24.2 Å². The van der Waals surface area contributed by atoms with Crippen LogP contribution in [0, 0.1) is 0 Å². The molecule has 3 aromatic rings. The number of benzene rings is 2. The van der Waals surface area contributed by atoms with Crippen LogP contribution in [0.3, 0.4) is 0 Å². The normalized spacial score (nSPS) is 15.7. The molecular weight excluding hydrogens is 416 g/mol. The zero-order valence-corrected chi connectivity index (χ0v) is 19.4. The zero-order chi connectivity index (χ0) is 23.2. The number of aromatic nitrogens is 1. The van der Waals surface area contributed by atoms with Crippen LogP contribution in [0.4, 0.5) is 0 Å². The number of nitrogens with zero attached hydrogens (tertiary/aromatic N) is 1. The summed E-state index contributed by atoms with van der Waals surface area (Å²) in [4.78, 5) is 14.3. The van der Waals surface area contributed by atoms with Crippen LogP contribution in [0.1, 0.15) is 35.2 Å². The summed E-state index contributed by atoms with van der Waals surface area (Å²) < 4.78 is 12.7. The Bertz CT molecular complexity index is 1130. The minimum atomic E-state index is -0.404. The average molecular weight is 450 g/mol. The maximum Gasteiger partial charge on any atom is 0.185 e. The fourth-order valence-electron chi connectivity index (χ4n) is 4.69. The Morgan fingerprint density at radius 3 is 2.61 bits per heavy atom. The monoisotopic (exact) mass is 449 g/mol. The van der Waals surface area contributed by atoms with Gasteiger partial charge in [0.05, 0.1) is 33.9 Å². The molecule has 0 aliphatic carbocycles. The number of likely N-dealkylation sites (tertiary alicyclic amines) is 1. The van der Waals surface area contributed by atoms with Crippen LogP contribution in [-0.2, 0) is 6.54 Å². The molecule has 0 spiro atoms. The van der Waals surface area contributed by atoms with E-state index in [9.17, 15) is 9.90 Å². The van der Waals surface area contributed by atoms with Gasteiger partial charge in [-0.3, -0.25) is 4.79 Å². The van der Waals surface area contributed by atoms with Crippen molar-refractivity contribution in [1.82, 2.24) is 4.57 Å². The third-order valence-corrected chi connectivity index (χ3v) is 6.39. The number of ketones is 1. The smallest absolute Gasteiger partial charge is 0.185 e. The van der Waals surface area contributed by atoms with Crippen molar-refractivity contribution in [2.24, 2.45) is 0 Å². The number of aliphatic hydroxyl groups excluding tert-OH is 1. The molecule has 1 aromatic heterocycles. The minimum Gasteiger partial charge on any atom is -0.493 e. The zero-order valence-electron chi connectivity index (χ0n) is 19.4. The molecule has 0 bridgehead atoms. The molecule has 1 aliphatic heterocycles. The van der Waals surface area contributed by atoms with E-state index in [0.717, 1.165) is 36.1 Å². The number of nitrogens with one attached hydrogen (secondary N) is 1. The summed E-state index contributed by atoms with van der Waals surface area (Å²) in [6.07, 6.45) is 8.85. The Kier molecular flexibility index (Phi) is 7.47. The van der Waals surface area contributed by atoms with Gasteiger partial charge in [-0.05, 0) is 55.7 Å². The lowest BCUT2D eigenvalue weighted by molar-refractivity contribution is -0.908. The lowest BCUT2D eigenvalue weighted by Crippen LogP contribution is -3.13. The number of piperidine rings is 1. The first-order chi connectivity index (χ1) is 16.1. The number of fused-ring (bicyclic) bond motifs is 1. The van der Waals surface area contributed by atoms with Crippen LogP contribution in [0.15, 0.2) is 54.7 Å². The van der Waals surface area contributed by atoms with Gasteiger partial charge in [0.25, 0.3) is 0 Å². The fraction of sp³-hybridized carbons (Fsp3) is 0.370. The van der Waals surface area contributed by atoms with E-state index in [2.05, 4.69) is 16.7 Å². The van der Waals surface area contributed by atoms with Gasteiger partial charge in [-0.2, -0.15) is 0 Å². The number of para-hydroxylation sites is 1. The lowest BCUT2D eigenvalue weighted by Gasteiger charge is -2.25. The molecule has 33 heavy (non-hydrogen) atoms. The van der Waals surface area contributed by atoms with Gasteiger partial charge in [0.2, 0.25) is 0 Å². The summed E-state index contributed by atoms with van der Waals surface area (Å²) in [5, 5.41) is 11.8. The summed E-state index contributed by atoms with van der Waals surface area (Å²) >= 11 is 0. The predicted octanol–water partition coefficient (Wildman–Crippen LogP) is 2.98. The lowest BCUT2D eigenvalue weighted by atomic mass is 10.1. The Morgan fingerprint density at radius 2 is 1.85 bits per heavy atom. The highest BCUT2D eigenvalue weighted by Gasteiger charge is 2.19. The Hall–Kier alpha value is -3.09.